The summed E-state index contributed by atoms with van der Waals surface area (Å²) in [4.78, 5) is 33.7. The molecule has 1 N–H and O–H groups in total. The van der Waals surface area contributed by atoms with E-state index in [9.17, 15) is 22.8 Å². The van der Waals surface area contributed by atoms with Crippen molar-refractivity contribution in [2.45, 2.75) is 32.4 Å². The molecule has 170 valence electrons. The van der Waals surface area contributed by atoms with Crippen molar-refractivity contribution < 1.29 is 22.8 Å². The molecular weight excluding hydrogens is 471 g/mol. The predicted molar refractivity (Wildman–Crippen MR) is 123 cm³/mol. The molecule has 0 radical (unpaired) electrons. The Morgan fingerprint density at radius 3 is 2.67 bits per heavy atom. The molecule has 33 heavy (non-hydrogen) atoms. The Balaban J connectivity index is 1.52. The second kappa shape index (κ2) is 9.03. The lowest BCUT2D eigenvalue weighted by atomic mass is 9.98. The van der Waals surface area contributed by atoms with Crippen LogP contribution in [0.2, 0.25) is 0 Å². The third kappa shape index (κ3) is 5.12. The third-order valence-electron chi connectivity index (χ3n) is 5.13. The van der Waals surface area contributed by atoms with Gasteiger partial charge in [-0.25, -0.2) is 9.97 Å². The maximum atomic E-state index is 13.0. The number of aryl methyl sites for hydroxylation is 1. The number of thiazole rings is 2. The zero-order chi connectivity index (χ0) is 23.8. The van der Waals surface area contributed by atoms with Gasteiger partial charge in [0.15, 0.2) is 5.78 Å². The van der Waals surface area contributed by atoms with Crippen LogP contribution in [0.5, 0.6) is 0 Å². The maximum absolute atomic E-state index is 13.0. The number of halogens is 3. The summed E-state index contributed by atoms with van der Waals surface area (Å²) in [7, 11) is 0. The molecule has 4 aromatic rings. The zero-order valence-corrected chi connectivity index (χ0v) is 19.2. The molecule has 0 aliphatic rings. The lowest BCUT2D eigenvalue weighted by Gasteiger charge is -2.15. The number of hydrogen-bond acceptors (Lipinski definition) is 6. The average Bonchev–Trinajstić information content (AvgIpc) is 3.43. The number of hydrogen-bond donors (Lipinski definition) is 1. The Morgan fingerprint density at radius 1 is 1.18 bits per heavy atom. The summed E-state index contributed by atoms with van der Waals surface area (Å²) in [5.74, 6) is -1.32. The maximum Gasteiger partial charge on any atom is 0.416 e. The van der Waals surface area contributed by atoms with Crippen LogP contribution < -0.4 is 5.32 Å². The van der Waals surface area contributed by atoms with E-state index in [1.807, 2.05) is 6.92 Å². The summed E-state index contributed by atoms with van der Waals surface area (Å²) in [5.41, 5.74) is 3.58. The quantitative estimate of drug-likeness (QED) is 0.325. The van der Waals surface area contributed by atoms with Crippen LogP contribution in [0.15, 0.2) is 47.3 Å². The van der Waals surface area contributed by atoms with Crippen molar-refractivity contribution in [1.29, 1.82) is 0 Å². The fourth-order valence-electron chi connectivity index (χ4n) is 3.35. The molecule has 5 nitrogen and oxygen atoms in total. The van der Waals surface area contributed by atoms with Crippen LogP contribution in [-0.4, -0.2) is 21.7 Å². The number of ketones is 1. The fraction of sp³-hybridized carbons (Fsp3) is 0.217. The van der Waals surface area contributed by atoms with E-state index in [0.29, 0.717) is 16.4 Å². The van der Waals surface area contributed by atoms with Gasteiger partial charge < -0.3 is 5.32 Å². The predicted octanol–water partition coefficient (Wildman–Crippen LogP) is 6.25. The summed E-state index contributed by atoms with van der Waals surface area (Å²) in [5, 5.41) is 5.13. The van der Waals surface area contributed by atoms with Gasteiger partial charge >= 0.3 is 6.18 Å². The van der Waals surface area contributed by atoms with Gasteiger partial charge in [0, 0.05) is 11.1 Å². The first kappa shape index (κ1) is 23.1. The van der Waals surface area contributed by atoms with E-state index in [1.54, 1.807) is 29.9 Å². The number of anilines is 1. The molecule has 0 bridgehead atoms. The van der Waals surface area contributed by atoms with Crippen LogP contribution in [-0.2, 0) is 17.4 Å². The number of carbonyl (C=O) groups excluding carboxylic acids is 2. The number of nitrogens with zero attached hydrogens (tertiary/aromatic N) is 2. The molecule has 0 aliphatic carbocycles. The highest BCUT2D eigenvalue weighted by Crippen LogP contribution is 2.32. The summed E-state index contributed by atoms with van der Waals surface area (Å²) in [6, 6.07) is 8.28. The first-order valence-electron chi connectivity index (χ1n) is 9.91. The van der Waals surface area contributed by atoms with Gasteiger partial charge in [-0.15, -0.1) is 22.7 Å². The Bertz CT molecular complexity index is 1330. The number of alkyl halides is 3. The minimum atomic E-state index is -4.47. The van der Waals surface area contributed by atoms with E-state index in [0.717, 1.165) is 27.9 Å². The molecule has 2 aromatic heterocycles. The molecule has 2 aromatic carbocycles. The Hall–Kier alpha value is -3.11. The van der Waals surface area contributed by atoms with Crippen molar-refractivity contribution in [1.82, 2.24) is 9.97 Å². The first-order chi connectivity index (χ1) is 15.6. The molecular formula is C23H18F3N3O2S2. The second-order valence-corrected chi connectivity index (χ2v) is 9.39. The van der Waals surface area contributed by atoms with Crippen LogP contribution in [0.4, 0.5) is 18.9 Å². The molecule has 0 aliphatic heterocycles. The van der Waals surface area contributed by atoms with Crippen molar-refractivity contribution in [3.05, 3.63) is 74.7 Å². The van der Waals surface area contributed by atoms with Crippen LogP contribution in [0, 0.1) is 6.92 Å². The molecule has 1 atom stereocenters. The largest absolute Gasteiger partial charge is 0.416 e. The Labute approximate surface area is 195 Å². The van der Waals surface area contributed by atoms with Crippen molar-refractivity contribution in [2.75, 3.05) is 5.32 Å². The van der Waals surface area contributed by atoms with E-state index < -0.39 is 23.6 Å². The number of aromatic nitrogens is 2. The van der Waals surface area contributed by atoms with Gasteiger partial charge in [-0.05, 0) is 43.2 Å². The molecule has 0 fully saturated rings. The fourth-order valence-corrected chi connectivity index (χ4v) is 4.99. The highest BCUT2D eigenvalue weighted by atomic mass is 32.1. The average molecular weight is 490 g/mol. The minimum Gasteiger partial charge on any atom is -0.326 e. The monoisotopic (exact) mass is 489 g/mol. The number of amides is 1. The van der Waals surface area contributed by atoms with E-state index in [4.69, 9.17) is 0 Å². The first-order valence-corrected chi connectivity index (χ1v) is 11.7. The topological polar surface area (TPSA) is 72.0 Å². The lowest BCUT2D eigenvalue weighted by Crippen LogP contribution is -2.19. The number of carbonyl (C=O) groups is 2. The molecule has 4 rings (SSSR count). The number of benzene rings is 2. The number of nitrogens with one attached hydrogen (secondary N) is 1. The third-order valence-corrected chi connectivity index (χ3v) is 6.72. The number of fused-ring (bicyclic) bond motifs is 1. The lowest BCUT2D eigenvalue weighted by molar-refractivity contribution is -0.137. The van der Waals surface area contributed by atoms with Crippen LogP contribution in [0.25, 0.3) is 10.2 Å². The summed E-state index contributed by atoms with van der Waals surface area (Å²) >= 11 is 2.71. The molecule has 0 saturated carbocycles. The van der Waals surface area contributed by atoms with Gasteiger partial charge in [0.2, 0.25) is 5.91 Å². The molecule has 0 saturated heterocycles. The van der Waals surface area contributed by atoms with Gasteiger partial charge in [-0.2, -0.15) is 13.2 Å². The molecule has 1 amide bonds. The zero-order valence-electron chi connectivity index (χ0n) is 17.6. The molecule has 1 unspecified atom stereocenters. The highest BCUT2D eigenvalue weighted by Gasteiger charge is 2.31. The van der Waals surface area contributed by atoms with Gasteiger partial charge in [-0.3, -0.25) is 9.59 Å². The van der Waals surface area contributed by atoms with Crippen molar-refractivity contribution in [2.24, 2.45) is 0 Å². The van der Waals surface area contributed by atoms with Crippen molar-refractivity contribution in [3.63, 3.8) is 0 Å². The SMILES string of the molecule is Cc1cc(NC(=O)C(C)c2cccc(C(F)(F)F)c2)cc2sc(CC(=O)c3cscn3)nc12. The molecule has 2 heterocycles. The van der Waals surface area contributed by atoms with Crippen molar-refractivity contribution in [3.8, 4) is 0 Å². The second-order valence-electron chi connectivity index (χ2n) is 7.56. The molecule has 10 heteroatoms. The van der Waals surface area contributed by atoms with E-state index in [1.165, 1.54) is 34.8 Å². The van der Waals surface area contributed by atoms with Gasteiger partial charge in [0.25, 0.3) is 0 Å². The van der Waals surface area contributed by atoms with Crippen molar-refractivity contribution >= 4 is 50.3 Å². The molecule has 0 spiro atoms. The summed E-state index contributed by atoms with van der Waals surface area (Å²) < 4.78 is 39.8. The van der Waals surface area contributed by atoms with Crippen LogP contribution in [0.3, 0.4) is 0 Å². The number of Topliss-reactive ketones (excluding diaryl/α,β-unsaturated/α-hetero) is 1. The van der Waals surface area contributed by atoms with Gasteiger partial charge in [-0.1, -0.05) is 18.2 Å². The van der Waals surface area contributed by atoms with Gasteiger partial charge in [0.1, 0.15) is 10.7 Å². The normalized spacial score (nSPS) is 12.6. The number of rotatable bonds is 6. The standard InChI is InChI=1S/C23H18F3N3O2S2/c1-12-6-16(28-22(31)13(2)14-4-3-5-15(7-14)23(24,25)26)8-19-21(12)29-20(33-19)9-18(30)17-10-32-11-27-17/h3-8,10-11,13H,9H2,1-2H3,(H,28,31). The Morgan fingerprint density at radius 2 is 1.97 bits per heavy atom. The smallest absolute Gasteiger partial charge is 0.326 e. The summed E-state index contributed by atoms with van der Waals surface area (Å²) in [6.45, 7) is 3.41. The minimum absolute atomic E-state index is 0.114. The Kier molecular flexibility index (Phi) is 6.31. The van der Waals surface area contributed by atoms with Gasteiger partial charge in [0.05, 0.1) is 33.6 Å². The highest BCUT2D eigenvalue weighted by molar-refractivity contribution is 7.18. The van der Waals surface area contributed by atoms with E-state index >= 15 is 0 Å². The summed E-state index contributed by atoms with van der Waals surface area (Å²) in [6.07, 6.45) is -4.34. The van der Waals surface area contributed by atoms with E-state index in [2.05, 4.69) is 15.3 Å². The van der Waals surface area contributed by atoms with E-state index in [-0.39, 0.29) is 17.8 Å². The van der Waals surface area contributed by atoms with Crippen LogP contribution in [0.1, 0.15) is 45.0 Å². The van der Waals surface area contributed by atoms with Crippen LogP contribution >= 0.6 is 22.7 Å².